The highest BCUT2D eigenvalue weighted by molar-refractivity contribution is 7.12. The lowest BCUT2D eigenvalue weighted by Gasteiger charge is -2.24. The molecule has 0 N–H and O–H groups in total. The van der Waals surface area contributed by atoms with E-state index < -0.39 is 0 Å². The topological polar surface area (TPSA) is 55.2 Å². The van der Waals surface area contributed by atoms with Gasteiger partial charge in [0.15, 0.2) is 5.78 Å². The van der Waals surface area contributed by atoms with Crippen LogP contribution in [0, 0.1) is 0 Å². The summed E-state index contributed by atoms with van der Waals surface area (Å²) < 4.78 is 1.98. The number of carbonyl (C=O) groups is 2. The number of amides is 1. The molecule has 1 atom stereocenters. The number of thiophene rings is 1. The fourth-order valence-corrected chi connectivity index (χ4v) is 4.89. The monoisotopic (exact) mass is 371 g/mol. The smallest absolute Gasteiger partial charge is 0.274 e. The third kappa shape index (κ3) is 3.61. The van der Waals surface area contributed by atoms with Gasteiger partial charge in [0, 0.05) is 25.2 Å². The van der Waals surface area contributed by atoms with Crippen LogP contribution in [0.15, 0.2) is 29.8 Å². The van der Waals surface area contributed by atoms with Crippen molar-refractivity contribution in [3.8, 4) is 0 Å². The number of hydrogen-bond acceptors (Lipinski definition) is 4. The predicted octanol–water partition coefficient (Wildman–Crippen LogP) is 4.33. The molecule has 0 spiro atoms. The molecule has 2 aromatic heterocycles. The fraction of sp³-hybridized carbons (Fsp3) is 0.550. The first kappa shape index (κ1) is 17.5. The second-order valence-electron chi connectivity index (χ2n) is 7.37. The largest absolute Gasteiger partial charge is 0.334 e. The Morgan fingerprint density at radius 1 is 1.12 bits per heavy atom. The molecular formula is C20H25N3O2S. The molecule has 2 fully saturated rings. The Bertz CT molecular complexity index is 762. The van der Waals surface area contributed by atoms with Crippen molar-refractivity contribution in [3.63, 3.8) is 0 Å². The Morgan fingerprint density at radius 3 is 2.73 bits per heavy atom. The molecule has 0 radical (unpaired) electrons. The minimum Gasteiger partial charge on any atom is -0.334 e. The summed E-state index contributed by atoms with van der Waals surface area (Å²) in [6, 6.07) is 6.03. The van der Waals surface area contributed by atoms with Crippen molar-refractivity contribution >= 4 is 23.0 Å². The van der Waals surface area contributed by atoms with E-state index in [1.165, 1.54) is 30.6 Å². The minimum absolute atomic E-state index is 0.00284. The highest BCUT2D eigenvalue weighted by Gasteiger charge is 2.32. The molecule has 1 unspecified atom stereocenters. The van der Waals surface area contributed by atoms with Gasteiger partial charge in [0.05, 0.1) is 10.9 Å². The van der Waals surface area contributed by atoms with E-state index in [-0.39, 0.29) is 17.7 Å². The quantitative estimate of drug-likeness (QED) is 0.735. The SMILES string of the molecule is O=C(CC1CCCN1C(=O)c1ccn(C2CCCCC2)n1)c1cccs1. The number of Topliss-reactive ketones (excluding diaryl/α,β-unsaturated/α-hetero) is 1. The Hall–Kier alpha value is -1.95. The molecule has 2 aliphatic rings. The zero-order valence-electron chi connectivity index (χ0n) is 15.0. The second kappa shape index (κ2) is 7.74. The Kier molecular flexibility index (Phi) is 5.20. The van der Waals surface area contributed by atoms with Crippen LogP contribution in [0.4, 0.5) is 0 Å². The molecule has 4 rings (SSSR count). The Morgan fingerprint density at radius 2 is 1.96 bits per heavy atom. The average molecular weight is 372 g/mol. The fourth-order valence-electron chi connectivity index (χ4n) is 4.22. The lowest BCUT2D eigenvalue weighted by molar-refractivity contribution is 0.0710. The molecule has 26 heavy (non-hydrogen) atoms. The molecule has 0 aromatic carbocycles. The van der Waals surface area contributed by atoms with Crippen LogP contribution in [0.5, 0.6) is 0 Å². The van der Waals surface area contributed by atoms with Gasteiger partial charge in [0.25, 0.3) is 5.91 Å². The zero-order chi connectivity index (χ0) is 17.9. The van der Waals surface area contributed by atoms with Crippen LogP contribution >= 0.6 is 11.3 Å². The molecule has 138 valence electrons. The van der Waals surface area contributed by atoms with E-state index in [4.69, 9.17) is 0 Å². The van der Waals surface area contributed by atoms with Crippen molar-refractivity contribution in [1.29, 1.82) is 0 Å². The first-order valence-corrected chi connectivity index (χ1v) is 10.5. The van der Waals surface area contributed by atoms with E-state index in [9.17, 15) is 9.59 Å². The van der Waals surface area contributed by atoms with Crippen LogP contribution in [-0.2, 0) is 0 Å². The van der Waals surface area contributed by atoms with Crippen LogP contribution in [0.2, 0.25) is 0 Å². The van der Waals surface area contributed by atoms with Gasteiger partial charge in [-0.1, -0.05) is 25.3 Å². The third-order valence-electron chi connectivity index (χ3n) is 5.63. The molecular weight excluding hydrogens is 346 g/mol. The van der Waals surface area contributed by atoms with Crippen LogP contribution in [0.25, 0.3) is 0 Å². The maximum atomic E-state index is 13.0. The van der Waals surface area contributed by atoms with E-state index in [0.29, 0.717) is 18.2 Å². The van der Waals surface area contributed by atoms with Crippen molar-refractivity contribution in [1.82, 2.24) is 14.7 Å². The highest BCUT2D eigenvalue weighted by atomic mass is 32.1. The van der Waals surface area contributed by atoms with Gasteiger partial charge in [0.2, 0.25) is 0 Å². The normalized spacial score (nSPS) is 21.2. The lowest BCUT2D eigenvalue weighted by atomic mass is 9.96. The first-order chi connectivity index (χ1) is 12.7. The van der Waals surface area contributed by atoms with Crippen molar-refractivity contribution in [3.05, 3.63) is 40.3 Å². The van der Waals surface area contributed by atoms with E-state index in [0.717, 1.165) is 37.1 Å². The third-order valence-corrected chi connectivity index (χ3v) is 6.54. The predicted molar refractivity (Wildman–Crippen MR) is 102 cm³/mol. The van der Waals surface area contributed by atoms with E-state index in [1.807, 2.05) is 39.4 Å². The highest BCUT2D eigenvalue weighted by Crippen LogP contribution is 2.28. The molecule has 0 bridgehead atoms. The molecule has 1 amide bonds. The number of carbonyl (C=O) groups excluding carboxylic acids is 2. The zero-order valence-corrected chi connectivity index (χ0v) is 15.8. The average Bonchev–Trinajstić information content (AvgIpc) is 3.42. The van der Waals surface area contributed by atoms with Gasteiger partial charge in [-0.15, -0.1) is 11.3 Å². The molecule has 3 heterocycles. The van der Waals surface area contributed by atoms with Gasteiger partial charge in [-0.05, 0) is 43.2 Å². The Balaban J connectivity index is 1.43. The van der Waals surface area contributed by atoms with E-state index >= 15 is 0 Å². The molecule has 2 aromatic rings. The molecule has 1 saturated carbocycles. The number of rotatable bonds is 5. The summed E-state index contributed by atoms with van der Waals surface area (Å²) in [6.45, 7) is 0.720. The van der Waals surface area contributed by atoms with Gasteiger partial charge in [-0.2, -0.15) is 5.10 Å². The summed E-state index contributed by atoms with van der Waals surface area (Å²) in [5, 5.41) is 6.50. The molecule has 5 nitrogen and oxygen atoms in total. The summed E-state index contributed by atoms with van der Waals surface area (Å²) in [5.74, 6) is 0.110. The van der Waals surface area contributed by atoms with Gasteiger partial charge < -0.3 is 4.90 Å². The molecule has 1 aliphatic carbocycles. The van der Waals surface area contributed by atoms with Crippen molar-refractivity contribution in [2.24, 2.45) is 0 Å². The maximum absolute atomic E-state index is 13.0. The first-order valence-electron chi connectivity index (χ1n) is 9.65. The molecule has 1 saturated heterocycles. The van der Waals surface area contributed by atoms with Gasteiger partial charge in [0.1, 0.15) is 5.69 Å². The van der Waals surface area contributed by atoms with Crippen molar-refractivity contribution in [2.75, 3.05) is 6.54 Å². The number of nitrogens with zero attached hydrogens (tertiary/aromatic N) is 3. The van der Waals surface area contributed by atoms with Crippen LogP contribution < -0.4 is 0 Å². The van der Waals surface area contributed by atoms with Crippen molar-refractivity contribution < 1.29 is 9.59 Å². The number of ketones is 1. The standard InChI is InChI=1S/C20H25N3O2S/c24-18(19-9-5-13-26-19)14-16-8-4-11-22(16)20(25)17-10-12-23(21-17)15-6-2-1-3-7-15/h5,9-10,12-13,15-16H,1-4,6-8,11,14H2. The van der Waals surface area contributed by atoms with Gasteiger partial charge in [-0.25, -0.2) is 0 Å². The summed E-state index contributed by atoms with van der Waals surface area (Å²) in [6.07, 6.45) is 10.3. The van der Waals surface area contributed by atoms with E-state index in [1.54, 1.807) is 0 Å². The van der Waals surface area contributed by atoms with Gasteiger partial charge in [-0.3, -0.25) is 14.3 Å². The van der Waals surface area contributed by atoms with Crippen LogP contribution in [0.1, 0.15) is 77.6 Å². The molecule has 1 aliphatic heterocycles. The number of aromatic nitrogens is 2. The number of likely N-dealkylation sites (tertiary alicyclic amines) is 1. The second-order valence-corrected chi connectivity index (χ2v) is 8.32. The van der Waals surface area contributed by atoms with Gasteiger partial charge >= 0.3 is 0 Å². The van der Waals surface area contributed by atoms with Crippen LogP contribution in [-0.4, -0.2) is 39.0 Å². The van der Waals surface area contributed by atoms with Crippen molar-refractivity contribution in [2.45, 2.75) is 63.5 Å². The summed E-state index contributed by atoms with van der Waals surface area (Å²) in [7, 11) is 0. The summed E-state index contributed by atoms with van der Waals surface area (Å²) in [4.78, 5) is 28.0. The summed E-state index contributed by atoms with van der Waals surface area (Å²) >= 11 is 1.47. The van der Waals surface area contributed by atoms with E-state index in [2.05, 4.69) is 5.10 Å². The maximum Gasteiger partial charge on any atom is 0.274 e. The number of hydrogen-bond donors (Lipinski definition) is 0. The summed E-state index contributed by atoms with van der Waals surface area (Å²) in [5.41, 5.74) is 0.519. The minimum atomic E-state index is -0.0268. The Labute approximate surface area is 158 Å². The molecule has 6 heteroatoms. The lowest BCUT2D eigenvalue weighted by Crippen LogP contribution is -2.37. The van der Waals surface area contributed by atoms with Crippen LogP contribution in [0.3, 0.4) is 0 Å².